The third-order valence-electron chi connectivity index (χ3n) is 2.56. The van der Waals surface area contributed by atoms with Crippen LogP contribution in [0, 0.1) is 5.92 Å². The molecule has 0 aliphatic carbocycles. The van der Waals surface area contributed by atoms with E-state index in [1.165, 1.54) is 6.42 Å². The van der Waals surface area contributed by atoms with Crippen LogP contribution in [0.4, 0.5) is 5.82 Å². The topological polar surface area (TPSA) is 29.0 Å². The molecule has 2 atom stereocenters. The van der Waals surface area contributed by atoms with E-state index in [1.54, 1.807) is 12.5 Å². The minimum Gasteiger partial charge on any atom is -0.354 e. The minimum atomic E-state index is 0.558. The molecule has 1 aliphatic rings. The van der Waals surface area contributed by atoms with Crippen molar-refractivity contribution in [2.24, 2.45) is 5.92 Å². The maximum Gasteiger partial charge on any atom is 0.146 e. The predicted molar refractivity (Wildman–Crippen MR) is 68.4 cm³/mol. The maximum absolute atomic E-state index is 4.32. The van der Waals surface area contributed by atoms with Crippen molar-refractivity contribution in [1.82, 2.24) is 9.97 Å². The van der Waals surface area contributed by atoms with Crippen LogP contribution in [0.1, 0.15) is 13.3 Å². The van der Waals surface area contributed by atoms with Gasteiger partial charge in [0.15, 0.2) is 0 Å². The van der Waals surface area contributed by atoms with Gasteiger partial charge in [-0.25, -0.2) is 9.97 Å². The van der Waals surface area contributed by atoms with E-state index in [4.69, 9.17) is 0 Å². The molecule has 0 N–H and O–H groups in total. The molecule has 1 aliphatic heterocycles. The van der Waals surface area contributed by atoms with Crippen LogP contribution in [0.25, 0.3) is 0 Å². The van der Waals surface area contributed by atoms with Crippen molar-refractivity contribution in [3.63, 3.8) is 0 Å². The maximum atomic E-state index is 4.32. The highest BCUT2D eigenvalue weighted by Gasteiger charge is 2.24. The van der Waals surface area contributed by atoms with E-state index in [1.807, 2.05) is 0 Å². The normalized spacial score (nSPS) is 26.7. The average Bonchev–Trinajstić information content (AvgIpc) is 2.16. The summed E-state index contributed by atoms with van der Waals surface area (Å²) in [6, 6.07) is 0. The van der Waals surface area contributed by atoms with Gasteiger partial charge in [0.2, 0.25) is 0 Å². The number of hydrogen-bond acceptors (Lipinski definition) is 3. The standard InChI is InChI=1S/C10H13Br2N3/c1-7-2-8(11)5-15(4-7)10-9(12)3-13-6-14-10/h3,6-8H,2,4-5H2,1H3. The van der Waals surface area contributed by atoms with Gasteiger partial charge in [0, 0.05) is 24.1 Å². The van der Waals surface area contributed by atoms with Crippen LogP contribution in [-0.4, -0.2) is 27.9 Å². The van der Waals surface area contributed by atoms with Crippen molar-refractivity contribution in [2.75, 3.05) is 18.0 Å². The Morgan fingerprint density at radius 2 is 2.27 bits per heavy atom. The van der Waals surface area contributed by atoms with Crippen molar-refractivity contribution in [3.8, 4) is 0 Å². The summed E-state index contributed by atoms with van der Waals surface area (Å²) in [5, 5.41) is 0. The first-order chi connectivity index (χ1) is 7.16. The quantitative estimate of drug-likeness (QED) is 0.739. The number of nitrogens with zero attached hydrogens (tertiary/aromatic N) is 3. The van der Waals surface area contributed by atoms with Gasteiger partial charge in [-0.3, -0.25) is 0 Å². The zero-order valence-corrected chi connectivity index (χ0v) is 11.7. The van der Waals surface area contributed by atoms with Gasteiger partial charge in [-0.05, 0) is 28.3 Å². The van der Waals surface area contributed by atoms with E-state index in [-0.39, 0.29) is 0 Å². The van der Waals surface area contributed by atoms with E-state index in [0.717, 1.165) is 23.4 Å². The monoisotopic (exact) mass is 333 g/mol. The lowest BCUT2D eigenvalue weighted by Gasteiger charge is -2.35. The molecule has 0 radical (unpaired) electrons. The number of alkyl halides is 1. The number of anilines is 1. The van der Waals surface area contributed by atoms with Gasteiger partial charge in [-0.2, -0.15) is 0 Å². The van der Waals surface area contributed by atoms with Crippen LogP contribution in [0.5, 0.6) is 0 Å². The molecule has 15 heavy (non-hydrogen) atoms. The second kappa shape index (κ2) is 4.78. The first-order valence-corrected chi connectivity index (χ1v) is 6.72. The molecule has 1 aromatic rings. The van der Waals surface area contributed by atoms with Crippen LogP contribution >= 0.6 is 31.9 Å². The molecule has 1 fully saturated rings. The molecule has 0 spiro atoms. The van der Waals surface area contributed by atoms with E-state index < -0.39 is 0 Å². The van der Waals surface area contributed by atoms with Gasteiger partial charge in [0.1, 0.15) is 12.1 Å². The Kier molecular flexibility index (Phi) is 3.61. The summed E-state index contributed by atoms with van der Waals surface area (Å²) >= 11 is 7.18. The molecule has 0 saturated carbocycles. The second-order valence-electron chi connectivity index (χ2n) is 4.04. The Bertz CT molecular complexity index is 335. The Balaban J connectivity index is 2.20. The smallest absolute Gasteiger partial charge is 0.146 e. The fourth-order valence-corrected chi connectivity index (χ4v) is 3.45. The molecule has 0 aromatic carbocycles. The molecule has 1 aromatic heterocycles. The Hall–Kier alpha value is -0.160. The number of rotatable bonds is 1. The molecular weight excluding hydrogens is 322 g/mol. The van der Waals surface area contributed by atoms with Gasteiger partial charge in [0.05, 0.1) is 4.47 Å². The molecular formula is C10H13Br2N3. The summed E-state index contributed by atoms with van der Waals surface area (Å²) in [4.78, 5) is 11.2. The van der Waals surface area contributed by atoms with E-state index in [9.17, 15) is 0 Å². The molecule has 2 unspecified atom stereocenters. The fourth-order valence-electron chi connectivity index (χ4n) is 1.99. The lowest BCUT2D eigenvalue weighted by atomic mass is 10.0. The van der Waals surface area contributed by atoms with Crippen LogP contribution in [0.2, 0.25) is 0 Å². The number of piperidine rings is 1. The van der Waals surface area contributed by atoms with Gasteiger partial charge in [-0.15, -0.1) is 0 Å². The van der Waals surface area contributed by atoms with E-state index in [0.29, 0.717) is 10.7 Å². The van der Waals surface area contributed by atoms with Crippen molar-refractivity contribution >= 4 is 37.7 Å². The van der Waals surface area contributed by atoms with Crippen molar-refractivity contribution < 1.29 is 0 Å². The van der Waals surface area contributed by atoms with Crippen LogP contribution in [-0.2, 0) is 0 Å². The lowest BCUT2D eigenvalue weighted by molar-refractivity contribution is 0.456. The van der Waals surface area contributed by atoms with Crippen LogP contribution in [0.15, 0.2) is 17.0 Å². The summed E-state index contributed by atoms with van der Waals surface area (Å²) in [6.07, 6.45) is 4.63. The zero-order valence-electron chi connectivity index (χ0n) is 8.53. The highest BCUT2D eigenvalue weighted by atomic mass is 79.9. The molecule has 1 saturated heterocycles. The highest BCUT2D eigenvalue weighted by Crippen LogP contribution is 2.29. The second-order valence-corrected chi connectivity index (χ2v) is 6.19. The SMILES string of the molecule is CC1CC(Br)CN(c2ncncc2Br)C1. The van der Waals surface area contributed by atoms with Crippen molar-refractivity contribution in [2.45, 2.75) is 18.2 Å². The predicted octanol–water partition coefficient (Wildman–Crippen LogP) is 2.85. The largest absolute Gasteiger partial charge is 0.354 e. The molecule has 2 heterocycles. The molecule has 5 heteroatoms. The van der Waals surface area contributed by atoms with E-state index in [2.05, 4.69) is 53.7 Å². The Morgan fingerprint density at radius 3 is 2.93 bits per heavy atom. The number of halogens is 2. The summed E-state index contributed by atoms with van der Waals surface area (Å²) in [7, 11) is 0. The summed E-state index contributed by atoms with van der Waals surface area (Å²) in [6.45, 7) is 4.35. The van der Waals surface area contributed by atoms with Crippen molar-refractivity contribution in [1.29, 1.82) is 0 Å². The molecule has 3 nitrogen and oxygen atoms in total. The third-order valence-corrected chi connectivity index (χ3v) is 3.78. The van der Waals surface area contributed by atoms with Gasteiger partial charge < -0.3 is 4.90 Å². The van der Waals surface area contributed by atoms with Crippen LogP contribution in [0.3, 0.4) is 0 Å². The van der Waals surface area contributed by atoms with E-state index >= 15 is 0 Å². The average molecular weight is 335 g/mol. The lowest BCUT2D eigenvalue weighted by Crippen LogP contribution is -2.40. The van der Waals surface area contributed by atoms with Gasteiger partial charge in [-0.1, -0.05) is 22.9 Å². The zero-order chi connectivity index (χ0) is 10.8. The van der Waals surface area contributed by atoms with Gasteiger partial charge in [0.25, 0.3) is 0 Å². The Labute approximate surface area is 107 Å². The highest BCUT2D eigenvalue weighted by molar-refractivity contribution is 9.10. The minimum absolute atomic E-state index is 0.558. The van der Waals surface area contributed by atoms with Gasteiger partial charge >= 0.3 is 0 Å². The Morgan fingerprint density at radius 1 is 1.47 bits per heavy atom. The fraction of sp³-hybridized carbons (Fsp3) is 0.600. The third kappa shape index (κ3) is 2.69. The van der Waals surface area contributed by atoms with Crippen molar-refractivity contribution in [3.05, 3.63) is 17.0 Å². The first-order valence-electron chi connectivity index (χ1n) is 5.01. The molecule has 0 bridgehead atoms. The summed E-state index contributed by atoms with van der Waals surface area (Å²) in [5.41, 5.74) is 0. The number of aromatic nitrogens is 2. The molecule has 2 rings (SSSR count). The molecule has 0 amide bonds. The summed E-state index contributed by atoms with van der Waals surface area (Å²) in [5.74, 6) is 1.70. The first kappa shape index (κ1) is 11.3. The number of hydrogen-bond donors (Lipinski definition) is 0. The molecule has 82 valence electrons. The summed E-state index contributed by atoms with van der Waals surface area (Å²) < 4.78 is 0.971. The van der Waals surface area contributed by atoms with Crippen LogP contribution < -0.4 is 4.90 Å².